The number of aliphatic hydroxyl groups is 1. The highest BCUT2D eigenvalue weighted by molar-refractivity contribution is 6.30. The molecular weight excluding hydrogens is 312 g/mol. The molecule has 0 radical (unpaired) electrons. The molecule has 23 heavy (non-hydrogen) atoms. The number of benzene rings is 2. The van der Waals surface area contributed by atoms with E-state index in [1.54, 1.807) is 31.3 Å². The SMILES string of the molecule is CNC(=O)c1ccc(CNC(C)C(O)c2ccc(Cl)cc2)cc1. The van der Waals surface area contributed by atoms with Gasteiger partial charge in [-0.05, 0) is 42.3 Å². The molecule has 0 fully saturated rings. The fourth-order valence-electron chi connectivity index (χ4n) is 2.26. The van der Waals surface area contributed by atoms with Crippen LogP contribution in [-0.4, -0.2) is 24.1 Å². The molecule has 2 rings (SSSR count). The summed E-state index contributed by atoms with van der Waals surface area (Å²) in [4.78, 5) is 11.5. The van der Waals surface area contributed by atoms with Gasteiger partial charge in [0.2, 0.25) is 0 Å². The Kier molecular flexibility index (Phi) is 6.16. The quantitative estimate of drug-likeness (QED) is 0.762. The van der Waals surface area contributed by atoms with Crippen molar-refractivity contribution in [3.05, 3.63) is 70.2 Å². The van der Waals surface area contributed by atoms with Gasteiger partial charge in [0.25, 0.3) is 5.91 Å². The van der Waals surface area contributed by atoms with Crippen molar-refractivity contribution in [2.75, 3.05) is 7.05 Å². The first-order valence-corrected chi connectivity index (χ1v) is 7.87. The second-order valence-corrected chi connectivity index (χ2v) is 5.88. The molecular formula is C18H21ClN2O2. The lowest BCUT2D eigenvalue weighted by Gasteiger charge is -2.21. The van der Waals surface area contributed by atoms with Gasteiger partial charge in [-0.2, -0.15) is 0 Å². The van der Waals surface area contributed by atoms with E-state index in [9.17, 15) is 9.90 Å². The molecule has 0 aliphatic carbocycles. The molecule has 0 aliphatic heterocycles. The van der Waals surface area contributed by atoms with Crippen molar-refractivity contribution in [1.29, 1.82) is 0 Å². The lowest BCUT2D eigenvalue weighted by Crippen LogP contribution is -2.31. The average Bonchev–Trinajstić information content (AvgIpc) is 2.59. The number of carbonyl (C=O) groups is 1. The van der Waals surface area contributed by atoms with E-state index < -0.39 is 6.10 Å². The van der Waals surface area contributed by atoms with Crippen LogP contribution in [0.15, 0.2) is 48.5 Å². The standard InChI is InChI=1S/C18H21ClN2O2/c1-12(17(22)14-7-9-16(19)10-8-14)21-11-13-3-5-15(6-4-13)18(23)20-2/h3-10,12,17,21-22H,11H2,1-2H3,(H,20,23). The molecule has 5 heteroatoms. The first kappa shape index (κ1) is 17.5. The van der Waals surface area contributed by atoms with Crippen LogP contribution in [-0.2, 0) is 6.54 Å². The fourth-order valence-corrected chi connectivity index (χ4v) is 2.38. The summed E-state index contributed by atoms with van der Waals surface area (Å²) >= 11 is 5.86. The summed E-state index contributed by atoms with van der Waals surface area (Å²) in [5.41, 5.74) is 2.50. The van der Waals surface area contributed by atoms with E-state index in [4.69, 9.17) is 11.6 Å². The van der Waals surface area contributed by atoms with Crippen LogP contribution in [0.25, 0.3) is 0 Å². The number of amides is 1. The Bertz CT molecular complexity index is 641. The van der Waals surface area contributed by atoms with E-state index in [2.05, 4.69) is 10.6 Å². The third-order valence-corrected chi connectivity index (χ3v) is 4.01. The lowest BCUT2D eigenvalue weighted by molar-refractivity contribution is 0.0963. The van der Waals surface area contributed by atoms with E-state index in [0.717, 1.165) is 11.1 Å². The van der Waals surface area contributed by atoms with Gasteiger partial charge in [-0.15, -0.1) is 0 Å². The Morgan fingerprint density at radius 2 is 1.74 bits per heavy atom. The predicted molar refractivity (Wildman–Crippen MR) is 92.5 cm³/mol. The van der Waals surface area contributed by atoms with E-state index in [1.165, 1.54) is 0 Å². The Morgan fingerprint density at radius 3 is 2.30 bits per heavy atom. The summed E-state index contributed by atoms with van der Waals surface area (Å²) in [6.07, 6.45) is -0.614. The van der Waals surface area contributed by atoms with Gasteiger partial charge in [0.15, 0.2) is 0 Å². The van der Waals surface area contributed by atoms with Crippen molar-refractivity contribution in [2.24, 2.45) is 0 Å². The third-order valence-electron chi connectivity index (χ3n) is 3.76. The number of hydrogen-bond acceptors (Lipinski definition) is 3. The van der Waals surface area contributed by atoms with E-state index in [1.807, 2.05) is 31.2 Å². The first-order chi connectivity index (χ1) is 11.0. The minimum absolute atomic E-state index is 0.101. The maximum absolute atomic E-state index is 11.5. The molecule has 0 spiro atoms. The molecule has 2 unspecified atom stereocenters. The average molecular weight is 333 g/mol. The zero-order valence-corrected chi connectivity index (χ0v) is 14.0. The number of rotatable bonds is 6. The summed E-state index contributed by atoms with van der Waals surface area (Å²) < 4.78 is 0. The molecule has 0 heterocycles. The monoisotopic (exact) mass is 332 g/mol. The summed E-state index contributed by atoms with van der Waals surface area (Å²) in [7, 11) is 1.61. The van der Waals surface area contributed by atoms with Gasteiger partial charge in [0, 0.05) is 30.2 Å². The van der Waals surface area contributed by atoms with Crippen LogP contribution in [0.1, 0.15) is 34.5 Å². The van der Waals surface area contributed by atoms with Gasteiger partial charge >= 0.3 is 0 Å². The topological polar surface area (TPSA) is 61.4 Å². The number of halogens is 1. The molecule has 0 bridgehead atoms. The van der Waals surface area contributed by atoms with Gasteiger partial charge < -0.3 is 15.7 Å². The molecule has 2 aromatic carbocycles. The van der Waals surface area contributed by atoms with Gasteiger partial charge in [-0.3, -0.25) is 4.79 Å². The molecule has 2 atom stereocenters. The minimum atomic E-state index is -0.614. The summed E-state index contributed by atoms with van der Waals surface area (Å²) in [5, 5.41) is 16.9. The maximum atomic E-state index is 11.5. The van der Waals surface area contributed by atoms with Crippen molar-refractivity contribution in [2.45, 2.75) is 25.6 Å². The second kappa shape index (κ2) is 8.11. The Morgan fingerprint density at radius 1 is 1.13 bits per heavy atom. The molecule has 122 valence electrons. The largest absolute Gasteiger partial charge is 0.387 e. The fraction of sp³-hybridized carbons (Fsp3) is 0.278. The molecule has 1 amide bonds. The highest BCUT2D eigenvalue weighted by atomic mass is 35.5. The van der Waals surface area contributed by atoms with Crippen molar-refractivity contribution in [3.63, 3.8) is 0 Å². The first-order valence-electron chi connectivity index (χ1n) is 7.49. The summed E-state index contributed by atoms with van der Waals surface area (Å²) in [6, 6.07) is 14.4. The molecule has 0 saturated heterocycles. The molecule has 2 aromatic rings. The van der Waals surface area contributed by atoms with Gasteiger partial charge in [0.05, 0.1) is 6.10 Å². The van der Waals surface area contributed by atoms with Crippen LogP contribution >= 0.6 is 11.6 Å². The molecule has 4 nitrogen and oxygen atoms in total. The van der Waals surface area contributed by atoms with Crippen molar-refractivity contribution in [1.82, 2.24) is 10.6 Å². The van der Waals surface area contributed by atoms with Crippen molar-refractivity contribution < 1.29 is 9.90 Å². The molecule has 3 N–H and O–H groups in total. The zero-order chi connectivity index (χ0) is 16.8. The molecule has 0 aromatic heterocycles. The summed E-state index contributed by atoms with van der Waals surface area (Å²) in [6.45, 7) is 2.54. The number of aliphatic hydroxyl groups excluding tert-OH is 1. The third kappa shape index (κ3) is 4.79. The van der Waals surface area contributed by atoms with Crippen LogP contribution < -0.4 is 10.6 Å². The van der Waals surface area contributed by atoms with E-state index in [0.29, 0.717) is 17.1 Å². The molecule has 0 saturated carbocycles. The Labute approximate surface area is 141 Å². The van der Waals surface area contributed by atoms with Crippen LogP contribution in [0.4, 0.5) is 0 Å². The van der Waals surface area contributed by atoms with Crippen LogP contribution in [0.2, 0.25) is 5.02 Å². The second-order valence-electron chi connectivity index (χ2n) is 5.44. The van der Waals surface area contributed by atoms with Crippen LogP contribution in [0.5, 0.6) is 0 Å². The van der Waals surface area contributed by atoms with Crippen molar-refractivity contribution >= 4 is 17.5 Å². The number of carbonyl (C=O) groups excluding carboxylic acids is 1. The van der Waals surface area contributed by atoms with Crippen LogP contribution in [0, 0.1) is 0 Å². The van der Waals surface area contributed by atoms with Crippen LogP contribution in [0.3, 0.4) is 0 Å². The Hall–Kier alpha value is -1.88. The lowest BCUT2D eigenvalue weighted by atomic mass is 10.0. The Balaban J connectivity index is 1.91. The minimum Gasteiger partial charge on any atom is -0.387 e. The van der Waals surface area contributed by atoms with Gasteiger partial charge in [-0.25, -0.2) is 0 Å². The molecule has 0 aliphatic rings. The highest BCUT2D eigenvalue weighted by Crippen LogP contribution is 2.19. The van der Waals surface area contributed by atoms with Gasteiger partial charge in [0.1, 0.15) is 0 Å². The van der Waals surface area contributed by atoms with E-state index in [-0.39, 0.29) is 11.9 Å². The van der Waals surface area contributed by atoms with E-state index >= 15 is 0 Å². The predicted octanol–water partition coefficient (Wildman–Crippen LogP) is 2.91. The highest BCUT2D eigenvalue weighted by Gasteiger charge is 2.15. The maximum Gasteiger partial charge on any atom is 0.251 e. The summed E-state index contributed by atoms with van der Waals surface area (Å²) in [5.74, 6) is -0.101. The zero-order valence-electron chi connectivity index (χ0n) is 13.2. The number of hydrogen-bond donors (Lipinski definition) is 3. The normalized spacial score (nSPS) is 13.4. The number of nitrogens with one attached hydrogen (secondary N) is 2. The van der Waals surface area contributed by atoms with Gasteiger partial charge in [-0.1, -0.05) is 35.9 Å². The van der Waals surface area contributed by atoms with Crippen molar-refractivity contribution in [3.8, 4) is 0 Å². The smallest absolute Gasteiger partial charge is 0.251 e.